The molecule has 0 spiro atoms. The molecule has 586 valence electrons. The first-order valence-corrected chi connectivity index (χ1v) is 42.8. The number of aliphatic hydroxyl groups is 1. The Morgan fingerprint density at radius 1 is 0.284 bits per heavy atom. The number of esters is 4. The van der Waals surface area contributed by atoms with E-state index in [9.17, 15) is 43.2 Å². The quantitative estimate of drug-likeness (QED) is 0.0169. The van der Waals surface area contributed by atoms with Gasteiger partial charge in [0.15, 0.2) is 12.2 Å². The van der Waals surface area contributed by atoms with Gasteiger partial charge in [0.1, 0.15) is 19.3 Å². The van der Waals surface area contributed by atoms with Crippen LogP contribution in [0.2, 0.25) is 0 Å². The lowest BCUT2D eigenvalue weighted by Crippen LogP contribution is -2.30. The van der Waals surface area contributed by atoms with Crippen LogP contribution in [-0.2, 0) is 65.4 Å². The minimum Gasteiger partial charge on any atom is -0.462 e. The van der Waals surface area contributed by atoms with E-state index in [1.807, 2.05) is 0 Å². The van der Waals surface area contributed by atoms with Gasteiger partial charge in [0.2, 0.25) is 0 Å². The highest BCUT2D eigenvalue weighted by Crippen LogP contribution is 2.45. The lowest BCUT2D eigenvalue weighted by molar-refractivity contribution is -0.161. The van der Waals surface area contributed by atoms with E-state index in [1.165, 1.54) is 38.5 Å². The number of allylic oxidation sites excluding steroid dienone is 20. The number of aliphatic hydroxyl groups excluding tert-OH is 1. The second-order valence-electron chi connectivity index (χ2n) is 26.2. The van der Waals surface area contributed by atoms with Gasteiger partial charge in [-0.2, -0.15) is 0 Å². The molecule has 0 aliphatic heterocycles. The molecule has 0 aromatic heterocycles. The smallest absolute Gasteiger partial charge is 0.462 e. The summed E-state index contributed by atoms with van der Waals surface area (Å²) in [6.45, 7) is 4.55. The van der Waals surface area contributed by atoms with E-state index in [-0.39, 0.29) is 25.7 Å². The van der Waals surface area contributed by atoms with Gasteiger partial charge in [0.05, 0.1) is 26.4 Å². The van der Waals surface area contributed by atoms with E-state index in [4.69, 9.17) is 37.0 Å². The lowest BCUT2D eigenvalue weighted by atomic mass is 10.1. The maximum absolute atomic E-state index is 13.1. The van der Waals surface area contributed by atoms with Crippen LogP contribution in [0.25, 0.3) is 0 Å². The van der Waals surface area contributed by atoms with Crippen LogP contribution in [-0.4, -0.2) is 96.7 Å². The largest absolute Gasteiger partial charge is 0.472 e. The number of phosphoric acid groups is 2. The molecule has 0 heterocycles. The van der Waals surface area contributed by atoms with Crippen LogP contribution in [0.1, 0.15) is 323 Å². The van der Waals surface area contributed by atoms with E-state index in [2.05, 4.69) is 149 Å². The van der Waals surface area contributed by atoms with Crippen molar-refractivity contribution >= 4 is 39.5 Å². The molecule has 19 heteroatoms. The van der Waals surface area contributed by atoms with Gasteiger partial charge in [-0.05, 0) is 128 Å². The number of unbranched alkanes of at least 4 members (excludes halogenated alkanes) is 28. The van der Waals surface area contributed by atoms with E-state index < -0.39 is 97.5 Å². The molecule has 0 fully saturated rings. The predicted octanol–water partition coefficient (Wildman–Crippen LogP) is 23.1. The van der Waals surface area contributed by atoms with Gasteiger partial charge in [0.25, 0.3) is 0 Å². The molecule has 0 radical (unpaired) electrons. The van der Waals surface area contributed by atoms with Crippen molar-refractivity contribution in [2.75, 3.05) is 39.6 Å². The minimum absolute atomic E-state index is 0.0738. The van der Waals surface area contributed by atoms with E-state index in [1.54, 1.807) is 0 Å². The summed E-state index contributed by atoms with van der Waals surface area (Å²) >= 11 is 0. The topological polar surface area (TPSA) is 237 Å². The molecular weight excluding hydrogens is 1330 g/mol. The van der Waals surface area contributed by atoms with Gasteiger partial charge in [-0.1, -0.05) is 290 Å². The molecular formula is C83H142O17P2. The minimum atomic E-state index is -4.98. The van der Waals surface area contributed by atoms with Crippen LogP contribution in [0, 0.1) is 0 Å². The molecule has 0 aliphatic carbocycles. The molecule has 102 heavy (non-hydrogen) atoms. The van der Waals surface area contributed by atoms with Crippen LogP contribution in [0.5, 0.6) is 0 Å². The third kappa shape index (κ3) is 73.8. The zero-order valence-electron chi connectivity index (χ0n) is 64.0. The molecule has 0 saturated carbocycles. The number of rotatable bonds is 74. The Hall–Kier alpha value is -4.54. The maximum atomic E-state index is 13.1. The van der Waals surface area contributed by atoms with Gasteiger partial charge < -0.3 is 33.8 Å². The van der Waals surface area contributed by atoms with Gasteiger partial charge in [-0.15, -0.1) is 0 Å². The Morgan fingerprint density at radius 3 is 0.824 bits per heavy atom. The van der Waals surface area contributed by atoms with Crippen molar-refractivity contribution in [2.45, 2.75) is 341 Å². The number of phosphoric ester groups is 2. The molecule has 17 nitrogen and oxygen atoms in total. The van der Waals surface area contributed by atoms with Gasteiger partial charge in [-0.25, -0.2) is 9.13 Å². The summed E-state index contributed by atoms with van der Waals surface area (Å²) in [5.41, 5.74) is 0. The Morgan fingerprint density at radius 2 is 0.529 bits per heavy atom. The lowest BCUT2D eigenvalue weighted by Gasteiger charge is -2.21. The summed E-state index contributed by atoms with van der Waals surface area (Å²) in [6.07, 6.45) is 81.8. The molecule has 5 unspecified atom stereocenters. The van der Waals surface area contributed by atoms with Crippen LogP contribution in [0.4, 0.5) is 0 Å². The van der Waals surface area contributed by atoms with Gasteiger partial charge in [0, 0.05) is 25.7 Å². The van der Waals surface area contributed by atoms with Crippen LogP contribution < -0.4 is 0 Å². The highest BCUT2D eigenvalue weighted by molar-refractivity contribution is 7.47. The summed E-state index contributed by atoms with van der Waals surface area (Å²) in [5.74, 6) is -2.21. The zero-order valence-corrected chi connectivity index (χ0v) is 65.8. The molecule has 0 aliphatic rings. The van der Waals surface area contributed by atoms with Crippen LogP contribution >= 0.6 is 15.6 Å². The Labute approximate surface area is 619 Å². The van der Waals surface area contributed by atoms with Crippen molar-refractivity contribution in [1.82, 2.24) is 0 Å². The summed E-state index contributed by atoms with van der Waals surface area (Å²) in [4.78, 5) is 72.9. The summed E-state index contributed by atoms with van der Waals surface area (Å²) in [6, 6.07) is 0. The number of carbonyl (C=O) groups excluding carboxylic acids is 4. The number of ether oxygens (including phenoxy) is 4. The first kappa shape index (κ1) is 97.5. The summed E-state index contributed by atoms with van der Waals surface area (Å²) < 4.78 is 68.5. The monoisotopic (exact) mass is 1470 g/mol. The van der Waals surface area contributed by atoms with E-state index in [0.717, 1.165) is 205 Å². The molecule has 0 bridgehead atoms. The van der Waals surface area contributed by atoms with Crippen molar-refractivity contribution in [1.29, 1.82) is 0 Å². The second-order valence-corrected chi connectivity index (χ2v) is 29.2. The number of hydrogen-bond donors (Lipinski definition) is 3. The average Bonchev–Trinajstić information content (AvgIpc) is 0.907. The molecule has 0 saturated heterocycles. The summed E-state index contributed by atoms with van der Waals surface area (Å²) in [7, 11) is -9.96. The molecule has 0 amide bonds. The number of carbonyl (C=O) groups is 4. The standard InChI is InChI=1S/C83H142O17P2/c1-5-9-13-17-21-25-29-32-34-36-38-40-42-45-48-51-55-59-63-67-80(85)93-73-78(99-82(87)69-65-61-57-53-47-28-24-20-16-12-8-4)75-97-101(89,90)95-71-77(84)72-96-102(91,92)98-76-79(100-83(88)70-66-62-58-54-50-44-31-27-23-19-15-11-7-3)74-94-81(86)68-64-60-56-52-49-46-43-41-39-37-35-33-30-26-22-18-14-10-6-2/h9-10,13-15,19,21-22,25-27,31-35,38-41,77-79,84H,5-8,11-12,16-18,20,23-24,28-30,36-37,42-76H2,1-4H3,(H,89,90)(H,91,92)/b13-9-,14-10-,19-15-,25-21-,26-22-,31-27-,34-32-,35-33-,40-38-,41-39-. The first-order valence-electron chi connectivity index (χ1n) is 39.8. The highest BCUT2D eigenvalue weighted by atomic mass is 31.2. The molecule has 5 atom stereocenters. The Bertz CT molecular complexity index is 2410. The predicted molar refractivity (Wildman–Crippen MR) is 418 cm³/mol. The Kier molecular flexibility index (Phi) is 71.4. The van der Waals surface area contributed by atoms with Crippen LogP contribution in [0.3, 0.4) is 0 Å². The van der Waals surface area contributed by atoms with E-state index in [0.29, 0.717) is 25.7 Å². The molecule has 0 aromatic rings. The summed E-state index contributed by atoms with van der Waals surface area (Å²) in [5, 5.41) is 10.6. The van der Waals surface area contributed by atoms with Crippen molar-refractivity contribution < 1.29 is 80.2 Å². The van der Waals surface area contributed by atoms with Gasteiger partial charge in [-0.3, -0.25) is 37.3 Å². The zero-order chi connectivity index (χ0) is 74.6. The SMILES string of the molecule is CC/C=C\C/C=C\C/C=C\C/C=C\CCCCCCCCC(=O)OCC(COP(=O)(O)OCC(O)COP(=O)(O)OCC(COC(=O)CCCCCCCC/C=C\C/C=C\C/C=C\C/C=C\CC)OC(=O)CCCCCCCCCCCCC)OC(=O)CCCCCCC/C=C\C/C=C\CCC. The first-order chi connectivity index (χ1) is 49.7. The van der Waals surface area contributed by atoms with Crippen molar-refractivity contribution in [2.24, 2.45) is 0 Å². The third-order valence-corrected chi connectivity index (χ3v) is 18.3. The van der Waals surface area contributed by atoms with Crippen LogP contribution in [0.15, 0.2) is 122 Å². The van der Waals surface area contributed by atoms with Crippen molar-refractivity contribution in [3.8, 4) is 0 Å². The normalized spacial score (nSPS) is 14.5. The molecule has 3 N–H and O–H groups in total. The number of hydrogen-bond acceptors (Lipinski definition) is 15. The fraction of sp³-hybridized carbons (Fsp3) is 0.711. The molecule has 0 aromatic carbocycles. The average molecular weight is 1470 g/mol. The van der Waals surface area contributed by atoms with E-state index >= 15 is 0 Å². The second kappa shape index (κ2) is 74.7. The maximum Gasteiger partial charge on any atom is 0.472 e. The third-order valence-electron chi connectivity index (χ3n) is 16.4. The highest BCUT2D eigenvalue weighted by Gasteiger charge is 2.30. The van der Waals surface area contributed by atoms with Crippen molar-refractivity contribution in [3.63, 3.8) is 0 Å². The fourth-order valence-corrected chi connectivity index (χ4v) is 12.0. The van der Waals surface area contributed by atoms with Gasteiger partial charge >= 0.3 is 39.5 Å². The fourth-order valence-electron chi connectivity index (χ4n) is 10.4. The van der Waals surface area contributed by atoms with Crippen molar-refractivity contribution in [3.05, 3.63) is 122 Å². The molecule has 0 rings (SSSR count). The Balaban J connectivity index is 5.31.